The van der Waals surface area contributed by atoms with Gasteiger partial charge in [-0.05, 0) is 19.4 Å². The Bertz CT molecular complexity index is 290. The predicted octanol–water partition coefficient (Wildman–Crippen LogP) is 0.904. The number of rotatable bonds is 7. The minimum Gasteiger partial charge on any atom is -0.468 e. The van der Waals surface area contributed by atoms with E-state index in [9.17, 15) is 9.59 Å². The van der Waals surface area contributed by atoms with Gasteiger partial charge in [-0.1, -0.05) is 6.08 Å². The number of carbonyl (C=O) groups is 2. The summed E-state index contributed by atoms with van der Waals surface area (Å²) in [5.41, 5.74) is -1.37. The fourth-order valence-corrected chi connectivity index (χ4v) is 1.37. The van der Waals surface area contributed by atoms with Gasteiger partial charge in [0, 0.05) is 14.2 Å². The summed E-state index contributed by atoms with van der Waals surface area (Å²) in [6.07, 6.45) is 2.83. The van der Waals surface area contributed by atoms with Crippen LogP contribution in [0.4, 0.5) is 0 Å². The van der Waals surface area contributed by atoms with Crippen LogP contribution in [0.25, 0.3) is 0 Å². The number of esters is 2. The summed E-state index contributed by atoms with van der Waals surface area (Å²) < 4.78 is 19.1. The maximum Gasteiger partial charge on any atom is 0.323 e. The maximum absolute atomic E-state index is 11.6. The van der Waals surface area contributed by atoms with Gasteiger partial charge in [0.05, 0.1) is 14.2 Å². The van der Waals surface area contributed by atoms with Crippen LogP contribution in [0.1, 0.15) is 13.3 Å². The molecule has 6 nitrogen and oxygen atoms in total. The first-order chi connectivity index (χ1) is 8.46. The lowest BCUT2D eigenvalue weighted by Gasteiger charge is -2.22. The van der Waals surface area contributed by atoms with Crippen molar-refractivity contribution in [1.29, 1.82) is 0 Å². The van der Waals surface area contributed by atoms with Gasteiger partial charge < -0.3 is 18.9 Å². The van der Waals surface area contributed by atoms with Crippen LogP contribution in [-0.2, 0) is 28.5 Å². The number of allylic oxidation sites excluding steroid dienone is 1. The van der Waals surface area contributed by atoms with Gasteiger partial charge in [0.2, 0.25) is 0 Å². The standard InChI is InChI=1S/C12H20O6/c1-12(10(13)17-4,11(14)18-5)8-6-7-9(15-2)16-3/h6-7,9H,8H2,1-5H3/b7-6+. The molecule has 0 aromatic carbocycles. The number of methoxy groups -OCH3 is 4. The van der Waals surface area contributed by atoms with Crippen LogP contribution >= 0.6 is 0 Å². The van der Waals surface area contributed by atoms with Crippen molar-refractivity contribution < 1.29 is 28.5 Å². The molecule has 0 saturated heterocycles. The smallest absolute Gasteiger partial charge is 0.323 e. The Labute approximate surface area is 107 Å². The van der Waals surface area contributed by atoms with E-state index in [2.05, 4.69) is 9.47 Å². The molecule has 0 unspecified atom stereocenters. The van der Waals surface area contributed by atoms with Crippen LogP contribution in [0.2, 0.25) is 0 Å². The minimum absolute atomic E-state index is 0.134. The Kier molecular flexibility index (Phi) is 7.23. The second-order valence-corrected chi connectivity index (χ2v) is 3.79. The Hall–Kier alpha value is -1.40. The molecule has 0 heterocycles. The number of hydrogen-bond donors (Lipinski definition) is 0. The maximum atomic E-state index is 11.6. The molecule has 0 aliphatic carbocycles. The normalized spacial score (nSPS) is 11.9. The highest BCUT2D eigenvalue weighted by Crippen LogP contribution is 2.25. The Balaban J connectivity index is 4.82. The molecule has 0 N–H and O–H groups in total. The number of hydrogen-bond acceptors (Lipinski definition) is 6. The van der Waals surface area contributed by atoms with Gasteiger partial charge in [-0.25, -0.2) is 0 Å². The van der Waals surface area contributed by atoms with Crippen LogP contribution in [0.5, 0.6) is 0 Å². The summed E-state index contributed by atoms with van der Waals surface area (Å²) in [5, 5.41) is 0. The fourth-order valence-electron chi connectivity index (χ4n) is 1.37. The monoisotopic (exact) mass is 260 g/mol. The molecule has 0 atom stereocenters. The van der Waals surface area contributed by atoms with Gasteiger partial charge >= 0.3 is 11.9 Å². The first-order valence-electron chi connectivity index (χ1n) is 5.35. The van der Waals surface area contributed by atoms with Crippen molar-refractivity contribution in [2.75, 3.05) is 28.4 Å². The molecular formula is C12H20O6. The third-order valence-electron chi connectivity index (χ3n) is 2.56. The molecule has 6 heteroatoms. The third kappa shape index (κ3) is 4.12. The van der Waals surface area contributed by atoms with Crippen molar-refractivity contribution in [3.05, 3.63) is 12.2 Å². The molecule has 0 aliphatic rings. The molecule has 0 aliphatic heterocycles. The van der Waals surface area contributed by atoms with E-state index in [4.69, 9.17) is 9.47 Å². The van der Waals surface area contributed by atoms with E-state index in [1.165, 1.54) is 35.4 Å². The quantitative estimate of drug-likeness (QED) is 0.293. The first-order valence-corrected chi connectivity index (χ1v) is 5.35. The van der Waals surface area contributed by atoms with Crippen molar-refractivity contribution >= 4 is 11.9 Å². The molecule has 18 heavy (non-hydrogen) atoms. The molecule has 104 valence electrons. The second-order valence-electron chi connectivity index (χ2n) is 3.79. The summed E-state index contributed by atoms with van der Waals surface area (Å²) in [6.45, 7) is 1.46. The first kappa shape index (κ1) is 16.6. The predicted molar refractivity (Wildman–Crippen MR) is 63.7 cm³/mol. The molecule has 0 spiro atoms. The van der Waals surface area contributed by atoms with Crippen molar-refractivity contribution in [3.8, 4) is 0 Å². The van der Waals surface area contributed by atoms with E-state index >= 15 is 0 Å². The summed E-state index contributed by atoms with van der Waals surface area (Å²) in [5.74, 6) is -1.30. The Morgan fingerprint density at radius 3 is 1.83 bits per heavy atom. The SMILES string of the molecule is COC(=O)C(C)(C/C=C/C(OC)OC)C(=O)OC. The lowest BCUT2D eigenvalue weighted by atomic mass is 9.86. The zero-order valence-electron chi connectivity index (χ0n) is 11.4. The number of ether oxygens (including phenoxy) is 4. The van der Waals surface area contributed by atoms with Gasteiger partial charge in [0.15, 0.2) is 11.7 Å². The van der Waals surface area contributed by atoms with Crippen LogP contribution in [0, 0.1) is 5.41 Å². The fraction of sp³-hybridized carbons (Fsp3) is 0.667. The zero-order valence-corrected chi connectivity index (χ0v) is 11.4. The van der Waals surface area contributed by atoms with Gasteiger partial charge in [0.1, 0.15) is 0 Å². The van der Waals surface area contributed by atoms with Crippen molar-refractivity contribution in [2.24, 2.45) is 5.41 Å². The van der Waals surface area contributed by atoms with Crippen molar-refractivity contribution in [1.82, 2.24) is 0 Å². The summed E-state index contributed by atoms with van der Waals surface area (Å²) in [4.78, 5) is 23.3. The Morgan fingerprint density at radius 2 is 1.50 bits per heavy atom. The molecule has 0 radical (unpaired) electrons. The third-order valence-corrected chi connectivity index (χ3v) is 2.56. The summed E-state index contributed by atoms with van der Waals surface area (Å²) >= 11 is 0. The zero-order chi connectivity index (χ0) is 14.2. The van der Waals surface area contributed by atoms with Crippen LogP contribution in [-0.4, -0.2) is 46.7 Å². The summed E-state index contributed by atoms with van der Waals surface area (Å²) in [6, 6.07) is 0. The van der Waals surface area contributed by atoms with Gasteiger partial charge in [-0.3, -0.25) is 9.59 Å². The molecule has 0 aromatic heterocycles. The highest BCUT2D eigenvalue weighted by atomic mass is 16.7. The topological polar surface area (TPSA) is 71.1 Å². The van der Waals surface area contributed by atoms with Crippen molar-refractivity contribution in [3.63, 3.8) is 0 Å². The molecule has 0 saturated carbocycles. The van der Waals surface area contributed by atoms with E-state index in [-0.39, 0.29) is 6.42 Å². The van der Waals surface area contributed by atoms with Crippen molar-refractivity contribution in [2.45, 2.75) is 19.6 Å². The number of carbonyl (C=O) groups excluding carboxylic acids is 2. The summed E-state index contributed by atoms with van der Waals surface area (Å²) in [7, 11) is 5.41. The lowest BCUT2D eigenvalue weighted by Crippen LogP contribution is -2.38. The molecule has 0 rings (SSSR count). The van der Waals surface area contributed by atoms with Gasteiger partial charge in [-0.15, -0.1) is 0 Å². The lowest BCUT2D eigenvalue weighted by molar-refractivity contribution is -0.167. The molecule has 0 aromatic rings. The average Bonchev–Trinajstić information content (AvgIpc) is 2.41. The molecule has 0 fully saturated rings. The van der Waals surface area contributed by atoms with Crippen LogP contribution in [0.3, 0.4) is 0 Å². The van der Waals surface area contributed by atoms with E-state index in [0.717, 1.165) is 0 Å². The van der Waals surface area contributed by atoms with Gasteiger partial charge in [0.25, 0.3) is 0 Å². The Morgan fingerprint density at radius 1 is 1.06 bits per heavy atom. The van der Waals surface area contributed by atoms with E-state index < -0.39 is 23.6 Å². The highest BCUT2D eigenvalue weighted by molar-refractivity contribution is 5.99. The van der Waals surface area contributed by atoms with Crippen LogP contribution < -0.4 is 0 Å². The minimum atomic E-state index is -1.37. The van der Waals surface area contributed by atoms with Crippen LogP contribution in [0.15, 0.2) is 12.2 Å². The van der Waals surface area contributed by atoms with E-state index in [1.54, 1.807) is 12.2 Å². The second kappa shape index (κ2) is 7.84. The molecule has 0 amide bonds. The van der Waals surface area contributed by atoms with Gasteiger partial charge in [-0.2, -0.15) is 0 Å². The molecule has 0 bridgehead atoms. The van der Waals surface area contributed by atoms with E-state index in [0.29, 0.717) is 0 Å². The highest BCUT2D eigenvalue weighted by Gasteiger charge is 2.42. The largest absolute Gasteiger partial charge is 0.468 e. The average molecular weight is 260 g/mol. The molecular weight excluding hydrogens is 240 g/mol. The van der Waals surface area contributed by atoms with E-state index in [1.807, 2.05) is 0 Å².